The van der Waals surface area contributed by atoms with Gasteiger partial charge >= 0.3 is 17.9 Å². The van der Waals surface area contributed by atoms with E-state index >= 15 is 0 Å². The average molecular weight is 309 g/mol. The summed E-state index contributed by atoms with van der Waals surface area (Å²) < 4.78 is 1.67. The van der Waals surface area contributed by atoms with Gasteiger partial charge in [0.25, 0.3) is 0 Å². The summed E-state index contributed by atoms with van der Waals surface area (Å²) in [5.74, 6) is -3.27. The van der Waals surface area contributed by atoms with Gasteiger partial charge in [0.2, 0.25) is 6.04 Å². The molecule has 4 N–H and O–H groups in total. The standard InChI is InChI=1S/C14H16N2O6/c17-12(18)9-6-8(7-10(15-9)13(19)20)3-5-16-4-1-2-11(16)14(21)22/h3,5-6,10-11H,1-2,4,7H2,(H3,17,18,19,20,21,22)/p+1. The van der Waals surface area contributed by atoms with Crippen LogP contribution < -0.4 is 5.32 Å². The summed E-state index contributed by atoms with van der Waals surface area (Å²) >= 11 is 0. The van der Waals surface area contributed by atoms with Crippen molar-refractivity contribution in [2.24, 2.45) is 0 Å². The number of carboxylic acid groups (broad SMARTS) is 3. The summed E-state index contributed by atoms with van der Waals surface area (Å²) in [5, 5.41) is 29.6. The summed E-state index contributed by atoms with van der Waals surface area (Å²) in [5.41, 5.74) is 0.342. The zero-order valence-corrected chi connectivity index (χ0v) is 11.7. The predicted octanol–water partition coefficient (Wildman–Crippen LogP) is -0.342. The fourth-order valence-electron chi connectivity index (χ4n) is 2.57. The van der Waals surface area contributed by atoms with Gasteiger partial charge in [-0.2, -0.15) is 0 Å². The van der Waals surface area contributed by atoms with Gasteiger partial charge in [-0.3, -0.25) is 0 Å². The second-order valence-electron chi connectivity index (χ2n) is 5.23. The maximum absolute atomic E-state index is 11.1. The summed E-state index contributed by atoms with van der Waals surface area (Å²) in [6, 6.07) is -1.60. The predicted molar refractivity (Wildman–Crippen MR) is 74.8 cm³/mol. The van der Waals surface area contributed by atoms with E-state index in [-0.39, 0.29) is 12.1 Å². The van der Waals surface area contributed by atoms with E-state index in [9.17, 15) is 14.4 Å². The number of allylic oxidation sites excluding steroid dienone is 2. The number of hydrogen-bond acceptors (Lipinski definition) is 4. The first-order chi connectivity index (χ1) is 10.4. The largest absolute Gasteiger partial charge is 0.480 e. The molecule has 118 valence electrons. The molecule has 1 saturated heterocycles. The number of carboxylic acids is 3. The van der Waals surface area contributed by atoms with Crippen molar-refractivity contribution in [1.82, 2.24) is 5.32 Å². The minimum Gasteiger partial charge on any atom is -0.480 e. The summed E-state index contributed by atoms with van der Waals surface area (Å²) in [4.78, 5) is 33.2. The molecule has 8 nitrogen and oxygen atoms in total. The maximum Gasteiger partial charge on any atom is 0.372 e. The Kier molecular flexibility index (Phi) is 4.59. The number of aliphatic carboxylic acids is 3. The van der Waals surface area contributed by atoms with Crippen LogP contribution in [0.15, 0.2) is 23.4 Å². The molecule has 0 amide bonds. The highest BCUT2D eigenvalue weighted by Crippen LogP contribution is 2.17. The molecule has 2 aliphatic heterocycles. The first-order valence-electron chi connectivity index (χ1n) is 6.85. The normalized spacial score (nSPS) is 28.3. The second kappa shape index (κ2) is 6.42. The Balaban J connectivity index is 2.25. The molecule has 0 aromatic rings. The van der Waals surface area contributed by atoms with Gasteiger partial charge in [-0.05, 0) is 11.6 Å². The van der Waals surface area contributed by atoms with Crippen LogP contribution in [0.3, 0.4) is 0 Å². The molecule has 2 aliphatic rings. The van der Waals surface area contributed by atoms with Gasteiger partial charge in [0, 0.05) is 25.3 Å². The average Bonchev–Trinajstić information content (AvgIpc) is 2.93. The van der Waals surface area contributed by atoms with Crippen molar-refractivity contribution in [3.63, 3.8) is 0 Å². The lowest BCUT2D eigenvalue weighted by Crippen LogP contribution is -2.41. The van der Waals surface area contributed by atoms with E-state index in [0.717, 1.165) is 6.42 Å². The van der Waals surface area contributed by atoms with Crippen molar-refractivity contribution >= 4 is 24.1 Å². The van der Waals surface area contributed by atoms with Crippen molar-refractivity contribution < 1.29 is 34.3 Å². The van der Waals surface area contributed by atoms with E-state index < -0.39 is 30.0 Å². The Morgan fingerprint density at radius 3 is 2.55 bits per heavy atom. The molecular weight excluding hydrogens is 292 g/mol. The molecule has 2 unspecified atom stereocenters. The molecule has 0 bridgehead atoms. The molecule has 2 atom stereocenters. The van der Waals surface area contributed by atoms with Crippen LogP contribution in [0.5, 0.6) is 0 Å². The van der Waals surface area contributed by atoms with Gasteiger partial charge in [0.1, 0.15) is 18.3 Å². The Morgan fingerprint density at radius 1 is 1.23 bits per heavy atom. The lowest BCUT2D eigenvalue weighted by Gasteiger charge is -2.21. The van der Waals surface area contributed by atoms with E-state index in [4.69, 9.17) is 15.3 Å². The van der Waals surface area contributed by atoms with E-state index in [0.29, 0.717) is 18.5 Å². The first kappa shape index (κ1) is 15.7. The summed E-state index contributed by atoms with van der Waals surface area (Å²) in [6.45, 7) is 0.608. The lowest BCUT2D eigenvalue weighted by molar-refractivity contribution is -0.527. The van der Waals surface area contributed by atoms with Crippen LogP contribution in [0.25, 0.3) is 0 Å². The van der Waals surface area contributed by atoms with E-state index in [1.807, 2.05) is 0 Å². The van der Waals surface area contributed by atoms with Gasteiger partial charge in [-0.25, -0.2) is 19.0 Å². The molecule has 0 saturated carbocycles. The number of nitrogens with one attached hydrogen (secondary N) is 1. The molecule has 8 heteroatoms. The highest BCUT2D eigenvalue weighted by molar-refractivity contribution is 5.89. The van der Waals surface area contributed by atoms with Crippen molar-refractivity contribution in [1.29, 1.82) is 0 Å². The maximum atomic E-state index is 11.1. The fraction of sp³-hybridized carbons (Fsp3) is 0.429. The van der Waals surface area contributed by atoms with E-state index in [1.165, 1.54) is 6.08 Å². The Labute approximate surface area is 126 Å². The van der Waals surface area contributed by atoms with Gasteiger partial charge in [-0.1, -0.05) is 0 Å². The Morgan fingerprint density at radius 2 is 1.95 bits per heavy atom. The van der Waals surface area contributed by atoms with Crippen molar-refractivity contribution in [2.75, 3.05) is 6.54 Å². The van der Waals surface area contributed by atoms with E-state index in [1.54, 1.807) is 16.9 Å². The fourth-order valence-corrected chi connectivity index (χ4v) is 2.57. The van der Waals surface area contributed by atoms with Gasteiger partial charge in [0.05, 0.1) is 0 Å². The van der Waals surface area contributed by atoms with Gasteiger partial charge in [0.15, 0.2) is 6.21 Å². The molecule has 1 fully saturated rings. The minimum absolute atomic E-state index is 0.133. The summed E-state index contributed by atoms with van der Waals surface area (Å²) in [6.07, 6.45) is 6.01. The topological polar surface area (TPSA) is 127 Å². The van der Waals surface area contributed by atoms with Gasteiger partial charge < -0.3 is 20.6 Å². The van der Waals surface area contributed by atoms with Crippen molar-refractivity contribution in [3.05, 3.63) is 23.4 Å². The van der Waals surface area contributed by atoms with Crippen LogP contribution >= 0.6 is 0 Å². The quantitative estimate of drug-likeness (QED) is 0.523. The smallest absolute Gasteiger partial charge is 0.372 e. The van der Waals surface area contributed by atoms with E-state index in [2.05, 4.69) is 5.32 Å². The molecule has 0 spiro atoms. The van der Waals surface area contributed by atoms with Crippen molar-refractivity contribution in [3.8, 4) is 0 Å². The highest BCUT2D eigenvalue weighted by atomic mass is 16.4. The van der Waals surface area contributed by atoms with Crippen LogP contribution in [0.2, 0.25) is 0 Å². The van der Waals surface area contributed by atoms with Crippen molar-refractivity contribution in [2.45, 2.75) is 31.3 Å². The van der Waals surface area contributed by atoms with Gasteiger partial charge in [-0.15, -0.1) is 0 Å². The molecule has 22 heavy (non-hydrogen) atoms. The zero-order chi connectivity index (χ0) is 16.3. The second-order valence-corrected chi connectivity index (χ2v) is 5.23. The number of carbonyl (C=O) groups is 3. The SMILES string of the molecule is O=C(O)C1=C/C(=C/C=[N+]2CCCC2C(=O)O)CC(C(=O)O)N1. The molecule has 0 aromatic carbocycles. The summed E-state index contributed by atoms with van der Waals surface area (Å²) in [7, 11) is 0. The number of rotatable bonds is 4. The van der Waals surface area contributed by atoms with Crippen LogP contribution in [0.1, 0.15) is 19.3 Å². The third-order valence-corrected chi connectivity index (χ3v) is 3.69. The Bertz CT molecular complexity index is 604. The molecule has 0 aliphatic carbocycles. The zero-order valence-electron chi connectivity index (χ0n) is 11.7. The molecule has 0 radical (unpaired) electrons. The highest BCUT2D eigenvalue weighted by Gasteiger charge is 2.34. The number of hydrogen-bond donors (Lipinski definition) is 4. The van der Waals surface area contributed by atoms with Crippen LogP contribution in [-0.4, -0.2) is 62.6 Å². The lowest BCUT2D eigenvalue weighted by atomic mass is 10.00. The molecule has 2 heterocycles. The van der Waals surface area contributed by atoms with Crippen LogP contribution in [0.4, 0.5) is 0 Å². The first-order valence-corrected chi connectivity index (χ1v) is 6.85. The Hall–Kier alpha value is -2.64. The molecule has 0 aromatic heterocycles. The third kappa shape index (κ3) is 3.51. The molecule has 2 rings (SSSR count). The van der Waals surface area contributed by atoms with Crippen LogP contribution in [-0.2, 0) is 14.4 Å². The minimum atomic E-state index is -1.23. The van der Waals surface area contributed by atoms with Crippen LogP contribution in [0, 0.1) is 0 Å². The number of nitrogens with zero attached hydrogens (tertiary/aromatic N) is 1. The third-order valence-electron chi connectivity index (χ3n) is 3.69. The molecular formula is C14H17N2O6+. The monoisotopic (exact) mass is 309 g/mol.